The highest BCUT2D eigenvalue weighted by Crippen LogP contribution is 2.22. The van der Waals surface area contributed by atoms with E-state index in [9.17, 15) is 13.2 Å². The van der Waals surface area contributed by atoms with Crippen molar-refractivity contribution in [1.82, 2.24) is 9.97 Å². The minimum atomic E-state index is -3.19. The number of carboxylic acids is 1. The summed E-state index contributed by atoms with van der Waals surface area (Å²) in [6.45, 7) is 3.90. The second kappa shape index (κ2) is 5.35. The largest absolute Gasteiger partial charge is 0.481 e. The molecule has 0 amide bonds. The Morgan fingerprint density at radius 1 is 1.45 bits per heavy atom. The number of nitrogens with zero attached hydrogens (tertiary/aromatic N) is 3. The molecule has 0 saturated carbocycles. The molecular weight excluding hydrogens is 282 g/mol. The van der Waals surface area contributed by atoms with Crippen LogP contribution in [0.5, 0.6) is 0 Å². The molecule has 7 nitrogen and oxygen atoms in total. The number of anilines is 1. The standard InChI is InChI=1S/C12H17N3O4S/c1-8-9(2)14-11(6-13-8)15-3-4-20(18,19)7-10(15)5-12(16)17/h6,10H,3-5,7H2,1-2H3,(H,16,17). The summed E-state index contributed by atoms with van der Waals surface area (Å²) < 4.78 is 23.4. The van der Waals surface area contributed by atoms with Crippen LogP contribution in [-0.2, 0) is 14.6 Å². The third-order valence-corrected chi connectivity index (χ3v) is 5.11. The number of rotatable bonds is 3. The van der Waals surface area contributed by atoms with Crippen LogP contribution in [-0.4, -0.2) is 53.6 Å². The van der Waals surface area contributed by atoms with Crippen LogP contribution in [0, 0.1) is 13.8 Å². The Morgan fingerprint density at radius 3 is 2.75 bits per heavy atom. The van der Waals surface area contributed by atoms with Gasteiger partial charge in [-0.2, -0.15) is 0 Å². The molecular formula is C12H17N3O4S. The molecule has 110 valence electrons. The second-order valence-corrected chi connectivity index (χ2v) is 7.19. The van der Waals surface area contributed by atoms with Crippen molar-refractivity contribution in [3.63, 3.8) is 0 Å². The highest BCUT2D eigenvalue weighted by atomic mass is 32.2. The molecule has 1 atom stereocenters. The molecule has 1 aliphatic rings. The molecule has 0 aromatic carbocycles. The lowest BCUT2D eigenvalue weighted by atomic mass is 10.2. The Morgan fingerprint density at radius 2 is 2.15 bits per heavy atom. The SMILES string of the molecule is Cc1ncc(N2CCS(=O)(=O)CC2CC(=O)O)nc1C. The first-order chi connectivity index (χ1) is 9.28. The van der Waals surface area contributed by atoms with E-state index in [1.807, 2.05) is 13.8 Å². The quantitative estimate of drug-likeness (QED) is 0.849. The molecule has 1 N–H and O–H groups in total. The molecule has 0 spiro atoms. The van der Waals surface area contributed by atoms with Gasteiger partial charge in [-0.25, -0.2) is 13.4 Å². The fourth-order valence-corrected chi connectivity index (χ4v) is 3.75. The summed E-state index contributed by atoms with van der Waals surface area (Å²) >= 11 is 0. The molecule has 0 bridgehead atoms. The molecule has 0 radical (unpaired) electrons. The molecule has 8 heteroatoms. The van der Waals surface area contributed by atoms with Crippen LogP contribution in [0.2, 0.25) is 0 Å². The summed E-state index contributed by atoms with van der Waals surface area (Å²) in [6, 6.07) is -0.595. The number of sulfone groups is 1. The number of aryl methyl sites for hydroxylation is 2. The van der Waals surface area contributed by atoms with Crippen molar-refractivity contribution in [3.05, 3.63) is 17.6 Å². The van der Waals surface area contributed by atoms with Gasteiger partial charge in [0.15, 0.2) is 9.84 Å². The van der Waals surface area contributed by atoms with E-state index in [1.54, 1.807) is 11.1 Å². The van der Waals surface area contributed by atoms with Crippen molar-refractivity contribution in [2.75, 3.05) is 23.0 Å². The fraction of sp³-hybridized carbons (Fsp3) is 0.583. The number of hydrogen-bond donors (Lipinski definition) is 1. The fourth-order valence-electron chi connectivity index (χ4n) is 2.23. The predicted octanol–water partition coefficient (Wildman–Crippen LogP) is 0.172. The van der Waals surface area contributed by atoms with Gasteiger partial charge in [0.1, 0.15) is 5.82 Å². The van der Waals surface area contributed by atoms with E-state index in [-0.39, 0.29) is 24.5 Å². The minimum Gasteiger partial charge on any atom is -0.481 e. The zero-order valence-electron chi connectivity index (χ0n) is 11.4. The zero-order valence-corrected chi connectivity index (χ0v) is 12.2. The number of carboxylic acid groups (broad SMARTS) is 1. The van der Waals surface area contributed by atoms with Gasteiger partial charge in [-0.05, 0) is 13.8 Å². The Bertz CT molecular complexity index is 630. The van der Waals surface area contributed by atoms with Crippen LogP contribution in [0.3, 0.4) is 0 Å². The number of aromatic nitrogens is 2. The summed E-state index contributed by atoms with van der Waals surface area (Å²) in [7, 11) is -3.19. The lowest BCUT2D eigenvalue weighted by Crippen LogP contribution is -2.50. The Balaban J connectivity index is 2.31. The van der Waals surface area contributed by atoms with E-state index < -0.39 is 21.8 Å². The van der Waals surface area contributed by atoms with Gasteiger partial charge >= 0.3 is 5.97 Å². The lowest BCUT2D eigenvalue weighted by molar-refractivity contribution is -0.137. The van der Waals surface area contributed by atoms with Crippen LogP contribution in [0.25, 0.3) is 0 Å². The predicted molar refractivity (Wildman–Crippen MR) is 73.5 cm³/mol. The molecule has 1 fully saturated rings. The maximum Gasteiger partial charge on any atom is 0.305 e. The topological polar surface area (TPSA) is 100 Å². The van der Waals surface area contributed by atoms with Crippen molar-refractivity contribution in [1.29, 1.82) is 0 Å². The molecule has 20 heavy (non-hydrogen) atoms. The highest BCUT2D eigenvalue weighted by molar-refractivity contribution is 7.91. The molecule has 1 unspecified atom stereocenters. The molecule has 2 rings (SSSR count). The van der Waals surface area contributed by atoms with Crippen LogP contribution in [0.15, 0.2) is 6.20 Å². The summed E-state index contributed by atoms with van der Waals surface area (Å²) in [5, 5.41) is 8.94. The van der Waals surface area contributed by atoms with Gasteiger partial charge in [0, 0.05) is 6.54 Å². The Kier molecular flexibility index (Phi) is 3.94. The second-order valence-electron chi connectivity index (χ2n) is 4.96. The van der Waals surface area contributed by atoms with Crippen LogP contribution >= 0.6 is 0 Å². The van der Waals surface area contributed by atoms with Gasteiger partial charge < -0.3 is 10.0 Å². The zero-order chi connectivity index (χ0) is 14.9. The molecule has 0 aliphatic carbocycles. The van der Waals surface area contributed by atoms with Crippen LogP contribution in [0.4, 0.5) is 5.82 Å². The van der Waals surface area contributed by atoms with Crippen LogP contribution in [0.1, 0.15) is 17.8 Å². The number of aliphatic carboxylic acids is 1. The van der Waals surface area contributed by atoms with Gasteiger partial charge in [0.2, 0.25) is 0 Å². The average molecular weight is 299 g/mol. The van der Waals surface area contributed by atoms with Gasteiger partial charge in [-0.1, -0.05) is 0 Å². The molecule has 1 saturated heterocycles. The van der Waals surface area contributed by atoms with E-state index in [0.717, 1.165) is 11.4 Å². The minimum absolute atomic E-state index is 0.0116. The maximum atomic E-state index is 11.7. The molecule has 1 aromatic rings. The van der Waals surface area contributed by atoms with Crippen molar-refractivity contribution in [2.45, 2.75) is 26.3 Å². The third kappa shape index (κ3) is 3.24. The van der Waals surface area contributed by atoms with Crippen molar-refractivity contribution in [3.8, 4) is 0 Å². The average Bonchev–Trinajstić information content (AvgIpc) is 2.31. The normalized spacial score (nSPS) is 21.7. The summed E-state index contributed by atoms with van der Waals surface area (Å²) in [4.78, 5) is 21.2. The number of carbonyl (C=O) groups is 1. The Labute approximate surface area is 117 Å². The first-order valence-corrected chi connectivity index (χ1v) is 8.10. The summed E-state index contributed by atoms with van der Waals surface area (Å²) in [5.74, 6) is -0.630. The van der Waals surface area contributed by atoms with E-state index in [0.29, 0.717) is 5.82 Å². The molecule has 1 aromatic heterocycles. The first kappa shape index (κ1) is 14.7. The van der Waals surface area contributed by atoms with Gasteiger partial charge in [0.05, 0.1) is 41.6 Å². The van der Waals surface area contributed by atoms with E-state index in [2.05, 4.69) is 9.97 Å². The molecule has 2 heterocycles. The van der Waals surface area contributed by atoms with Crippen molar-refractivity contribution >= 4 is 21.6 Å². The van der Waals surface area contributed by atoms with E-state index in [4.69, 9.17) is 5.11 Å². The number of hydrogen-bond acceptors (Lipinski definition) is 6. The smallest absolute Gasteiger partial charge is 0.305 e. The monoisotopic (exact) mass is 299 g/mol. The van der Waals surface area contributed by atoms with Crippen molar-refractivity contribution in [2.24, 2.45) is 0 Å². The first-order valence-electron chi connectivity index (χ1n) is 6.27. The maximum absolute atomic E-state index is 11.7. The highest BCUT2D eigenvalue weighted by Gasteiger charge is 2.33. The Hall–Kier alpha value is -1.70. The summed E-state index contributed by atoms with van der Waals surface area (Å²) in [6.07, 6.45) is 1.34. The van der Waals surface area contributed by atoms with Gasteiger partial charge in [-0.3, -0.25) is 9.78 Å². The summed E-state index contributed by atoms with van der Waals surface area (Å²) in [5.41, 5.74) is 1.55. The molecule has 1 aliphatic heterocycles. The van der Waals surface area contributed by atoms with Crippen molar-refractivity contribution < 1.29 is 18.3 Å². The van der Waals surface area contributed by atoms with Crippen LogP contribution < -0.4 is 4.90 Å². The third-order valence-electron chi connectivity index (χ3n) is 3.41. The van der Waals surface area contributed by atoms with E-state index in [1.165, 1.54) is 0 Å². The van der Waals surface area contributed by atoms with Gasteiger partial charge in [-0.15, -0.1) is 0 Å². The van der Waals surface area contributed by atoms with E-state index >= 15 is 0 Å². The lowest BCUT2D eigenvalue weighted by Gasteiger charge is -2.35. The van der Waals surface area contributed by atoms with Gasteiger partial charge in [0.25, 0.3) is 0 Å².